The average molecular weight is 344 g/mol. The van der Waals surface area contributed by atoms with Gasteiger partial charge >= 0.3 is 0 Å². The molecule has 1 amide bonds. The Morgan fingerprint density at radius 3 is 2.21 bits per heavy atom. The first-order valence-electron chi connectivity index (χ1n) is 7.97. The van der Waals surface area contributed by atoms with Gasteiger partial charge in [-0.1, -0.05) is 45.4 Å². The first-order chi connectivity index (χ1) is 11.2. The normalized spacial score (nSPS) is 11.2. The molecule has 0 aliphatic carbocycles. The second-order valence-corrected chi connectivity index (χ2v) is 7.18. The van der Waals surface area contributed by atoms with Crippen LogP contribution in [0.4, 0.5) is 5.69 Å². The maximum Gasteiger partial charge on any atom is 0.255 e. The highest BCUT2D eigenvalue weighted by atomic mass is 35.5. The minimum atomic E-state index is -0.261. The van der Waals surface area contributed by atoms with Crippen molar-refractivity contribution in [1.82, 2.24) is 0 Å². The molecular formula is C20H22ClNO2. The Hall–Kier alpha value is -2.13. The summed E-state index contributed by atoms with van der Waals surface area (Å²) >= 11 is 5.86. The molecule has 0 atom stereocenters. The highest BCUT2D eigenvalue weighted by molar-refractivity contribution is 6.30. The summed E-state index contributed by atoms with van der Waals surface area (Å²) in [6.07, 6.45) is 0.388. The van der Waals surface area contributed by atoms with Gasteiger partial charge in [-0.15, -0.1) is 0 Å². The van der Waals surface area contributed by atoms with Crippen LogP contribution in [0.25, 0.3) is 0 Å². The van der Waals surface area contributed by atoms with Crippen molar-refractivity contribution in [2.24, 2.45) is 0 Å². The molecule has 0 bridgehead atoms. The van der Waals surface area contributed by atoms with Crippen molar-refractivity contribution in [3.05, 3.63) is 64.2 Å². The molecule has 0 radical (unpaired) electrons. The van der Waals surface area contributed by atoms with Gasteiger partial charge in [-0.3, -0.25) is 9.59 Å². The Balaban J connectivity index is 2.40. The van der Waals surface area contributed by atoms with Crippen molar-refractivity contribution in [1.29, 1.82) is 0 Å². The standard InChI is InChI=1S/C20H22ClNO2/c1-5-18(23)16-11-8-14(20(2,3)4)12-17(16)22-19(24)13-6-9-15(21)10-7-13/h6-12H,5H2,1-4H3,(H,22,24). The van der Waals surface area contributed by atoms with Crippen LogP contribution in [0.1, 0.15) is 60.4 Å². The molecule has 2 aromatic rings. The lowest BCUT2D eigenvalue weighted by atomic mass is 9.85. The van der Waals surface area contributed by atoms with Gasteiger partial charge in [0.15, 0.2) is 5.78 Å². The average Bonchev–Trinajstić information content (AvgIpc) is 2.53. The zero-order chi connectivity index (χ0) is 17.9. The monoisotopic (exact) mass is 343 g/mol. The molecule has 3 nitrogen and oxygen atoms in total. The van der Waals surface area contributed by atoms with E-state index in [1.54, 1.807) is 30.3 Å². The number of halogens is 1. The van der Waals surface area contributed by atoms with Crippen molar-refractivity contribution in [3.8, 4) is 0 Å². The molecule has 1 N–H and O–H groups in total. The van der Waals surface area contributed by atoms with Crippen LogP contribution in [0.5, 0.6) is 0 Å². The second-order valence-electron chi connectivity index (χ2n) is 6.75. The molecule has 0 heterocycles. The predicted octanol–water partition coefficient (Wildman–Crippen LogP) is 5.48. The highest BCUT2D eigenvalue weighted by Gasteiger charge is 2.19. The number of nitrogens with one attached hydrogen (secondary N) is 1. The van der Waals surface area contributed by atoms with Crippen LogP contribution in [0, 0.1) is 0 Å². The van der Waals surface area contributed by atoms with Crippen LogP contribution in [0.15, 0.2) is 42.5 Å². The van der Waals surface area contributed by atoms with Crippen LogP contribution < -0.4 is 5.32 Å². The van der Waals surface area contributed by atoms with Gasteiger partial charge in [0.25, 0.3) is 5.91 Å². The summed E-state index contributed by atoms with van der Waals surface area (Å²) in [5.74, 6) is -0.259. The Morgan fingerprint density at radius 2 is 1.67 bits per heavy atom. The fraction of sp³-hybridized carbons (Fsp3) is 0.300. The van der Waals surface area contributed by atoms with Gasteiger partial charge in [0.2, 0.25) is 0 Å². The number of carbonyl (C=O) groups excluding carboxylic acids is 2. The molecule has 24 heavy (non-hydrogen) atoms. The van der Waals surface area contributed by atoms with Crippen LogP contribution in [0.2, 0.25) is 5.02 Å². The summed E-state index contributed by atoms with van der Waals surface area (Å²) in [5.41, 5.74) is 2.56. The number of amides is 1. The molecule has 2 aromatic carbocycles. The summed E-state index contributed by atoms with van der Waals surface area (Å²) in [5, 5.41) is 3.44. The van der Waals surface area contributed by atoms with Crippen LogP contribution >= 0.6 is 11.6 Å². The summed E-state index contributed by atoms with van der Waals surface area (Å²) < 4.78 is 0. The topological polar surface area (TPSA) is 46.2 Å². The zero-order valence-corrected chi connectivity index (χ0v) is 15.2. The molecule has 0 saturated heterocycles. The SMILES string of the molecule is CCC(=O)c1ccc(C(C)(C)C)cc1NC(=O)c1ccc(Cl)cc1. The Morgan fingerprint density at radius 1 is 1.04 bits per heavy atom. The molecular weight excluding hydrogens is 322 g/mol. The van der Waals surface area contributed by atoms with E-state index in [0.717, 1.165) is 5.56 Å². The summed E-state index contributed by atoms with van der Waals surface area (Å²) in [4.78, 5) is 24.7. The van der Waals surface area contributed by atoms with Gasteiger partial charge in [0.05, 0.1) is 5.69 Å². The van der Waals surface area contributed by atoms with E-state index in [1.807, 2.05) is 19.1 Å². The fourth-order valence-corrected chi connectivity index (χ4v) is 2.47. The number of Topliss-reactive ketones (excluding diaryl/α,β-unsaturated/α-hetero) is 1. The number of anilines is 1. The van der Waals surface area contributed by atoms with Gasteiger partial charge in [0, 0.05) is 22.6 Å². The number of benzene rings is 2. The molecule has 0 aliphatic rings. The molecule has 0 fully saturated rings. The number of hydrogen-bond acceptors (Lipinski definition) is 2. The minimum Gasteiger partial charge on any atom is -0.321 e. The number of hydrogen-bond donors (Lipinski definition) is 1. The third kappa shape index (κ3) is 4.24. The Bertz CT molecular complexity index is 758. The Labute approximate surface area is 148 Å². The number of rotatable bonds is 4. The van der Waals surface area contributed by atoms with Gasteiger partial charge in [0.1, 0.15) is 0 Å². The second kappa shape index (κ2) is 7.18. The van der Waals surface area contributed by atoms with E-state index in [-0.39, 0.29) is 17.1 Å². The maximum absolute atomic E-state index is 12.5. The molecule has 0 aliphatic heterocycles. The van der Waals surface area contributed by atoms with Gasteiger partial charge in [-0.2, -0.15) is 0 Å². The molecule has 4 heteroatoms. The molecule has 0 unspecified atom stereocenters. The van der Waals surface area contributed by atoms with E-state index in [9.17, 15) is 9.59 Å². The van der Waals surface area contributed by atoms with E-state index in [4.69, 9.17) is 11.6 Å². The summed E-state index contributed by atoms with van der Waals surface area (Å²) in [7, 11) is 0. The van der Waals surface area contributed by atoms with Crippen molar-refractivity contribution in [2.45, 2.75) is 39.5 Å². The smallest absolute Gasteiger partial charge is 0.255 e. The van der Waals surface area contributed by atoms with Crippen LogP contribution in [-0.4, -0.2) is 11.7 Å². The first kappa shape index (κ1) is 18.2. The van der Waals surface area contributed by atoms with E-state index >= 15 is 0 Å². The predicted molar refractivity (Wildman–Crippen MR) is 99.2 cm³/mol. The fourth-order valence-electron chi connectivity index (χ4n) is 2.34. The minimum absolute atomic E-state index is 0.00173. The van der Waals surface area contributed by atoms with Crippen molar-refractivity contribution in [2.75, 3.05) is 5.32 Å². The first-order valence-corrected chi connectivity index (χ1v) is 8.35. The molecule has 126 valence electrons. The lowest BCUT2D eigenvalue weighted by molar-refractivity contribution is 0.0989. The van der Waals surface area contributed by atoms with Crippen molar-refractivity contribution >= 4 is 29.0 Å². The molecule has 0 saturated carbocycles. The number of carbonyl (C=O) groups is 2. The third-order valence-corrected chi connectivity index (χ3v) is 4.11. The third-order valence-electron chi connectivity index (χ3n) is 3.86. The lowest BCUT2D eigenvalue weighted by Gasteiger charge is -2.21. The van der Waals surface area contributed by atoms with Crippen molar-refractivity contribution in [3.63, 3.8) is 0 Å². The Kier molecular flexibility index (Phi) is 5.45. The van der Waals surface area contributed by atoms with Gasteiger partial charge in [-0.05, 0) is 47.4 Å². The van der Waals surface area contributed by atoms with Gasteiger partial charge < -0.3 is 5.32 Å². The zero-order valence-electron chi connectivity index (χ0n) is 14.4. The summed E-state index contributed by atoms with van der Waals surface area (Å²) in [6.45, 7) is 8.09. The molecule has 0 aromatic heterocycles. The number of ketones is 1. The molecule has 2 rings (SSSR count). The van der Waals surface area contributed by atoms with Crippen LogP contribution in [0.3, 0.4) is 0 Å². The lowest BCUT2D eigenvalue weighted by Crippen LogP contribution is -2.17. The van der Waals surface area contributed by atoms with E-state index in [0.29, 0.717) is 28.3 Å². The highest BCUT2D eigenvalue weighted by Crippen LogP contribution is 2.28. The van der Waals surface area contributed by atoms with E-state index in [2.05, 4.69) is 26.1 Å². The van der Waals surface area contributed by atoms with Gasteiger partial charge in [-0.25, -0.2) is 0 Å². The maximum atomic E-state index is 12.5. The molecule has 0 spiro atoms. The summed E-state index contributed by atoms with van der Waals surface area (Å²) in [6, 6.07) is 12.3. The van der Waals surface area contributed by atoms with E-state index in [1.165, 1.54) is 0 Å². The van der Waals surface area contributed by atoms with Crippen molar-refractivity contribution < 1.29 is 9.59 Å². The van der Waals surface area contributed by atoms with Crippen LogP contribution in [-0.2, 0) is 5.41 Å². The largest absolute Gasteiger partial charge is 0.321 e. The van der Waals surface area contributed by atoms with E-state index < -0.39 is 0 Å². The quantitative estimate of drug-likeness (QED) is 0.747.